The third kappa shape index (κ3) is 31.5. The van der Waals surface area contributed by atoms with Gasteiger partial charge in [-0.05, 0) is 38.5 Å². The predicted molar refractivity (Wildman–Crippen MR) is 189 cm³/mol. The van der Waals surface area contributed by atoms with Gasteiger partial charge in [0.1, 0.15) is 12.6 Å². The van der Waals surface area contributed by atoms with Crippen LogP contribution in [0.5, 0.6) is 0 Å². The standard InChI is InChI=1S/C36H68NO10P/c1-3-5-7-9-11-13-14-15-16-17-18-20-22-24-26-28-35(39)47-32(30-45-48(42,43)46-31-33(37)36(40)41)29-44-34(38)27-25-23-21-19-12-10-8-6-4-2/h15-16,32-33H,3-14,17-31,37H2,1-2H3,(H,40,41)(H,42,43)/b16-15-/t32-,33+/m1/s1. The van der Waals surface area contributed by atoms with E-state index in [2.05, 4.69) is 30.5 Å². The maximum Gasteiger partial charge on any atom is 0.472 e. The van der Waals surface area contributed by atoms with Crippen LogP contribution in [0.1, 0.15) is 168 Å². The summed E-state index contributed by atoms with van der Waals surface area (Å²) in [5.74, 6) is -2.39. The van der Waals surface area contributed by atoms with Crippen LogP contribution in [0.25, 0.3) is 0 Å². The number of allylic oxidation sites excluding steroid dienone is 2. The molecular formula is C36H68NO10P. The first-order valence-electron chi connectivity index (χ1n) is 18.7. The Bertz CT molecular complexity index is 885. The van der Waals surface area contributed by atoms with Gasteiger partial charge in [-0.3, -0.25) is 23.4 Å². The van der Waals surface area contributed by atoms with Crippen LogP contribution in [0.3, 0.4) is 0 Å². The van der Waals surface area contributed by atoms with Crippen LogP contribution in [0, 0.1) is 0 Å². The fourth-order valence-corrected chi connectivity index (χ4v) is 5.78. The summed E-state index contributed by atoms with van der Waals surface area (Å²) in [5, 5.41) is 8.84. The van der Waals surface area contributed by atoms with E-state index < -0.39 is 51.1 Å². The van der Waals surface area contributed by atoms with Gasteiger partial charge in [0.2, 0.25) is 0 Å². The van der Waals surface area contributed by atoms with E-state index in [0.717, 1.165) is 57.8 Å². The highest BCUT2D eigenvalue weighted by Gasteiger charge is 2.28. The van der Waals surface area contributed by atoms with Crippen molar-refractivity contribution in [3.63, 3.8) is 0 Å². The van der Waals surface area contributed by atoms with Crippen molar-refractivity contribution < 1.29 is 47.5 Å². The van der Waals surface area contributed by atoms with Gasteiger partial charge in [0.05, 0.1) is 13.2 Å². The molecule has 48 heavy (non-hydrogen) atoms. The Labute approximate surface area is 290 Å². The lowest BCUT2D eigenvalue weighted by Crippen LogP contribution is -2.34. The van der Waals surface area contributed by atoms with Gasteiger partial charge in [0.25, 0.3) is 0 Å². The second-order valence-electron chi connectivity index (χ2n) is 12.7. The molecule has 4 N–H and O–H groups in total. The molecule has 0 fully saturated rings. The first-order valence-corrected chi connectivity index (χ1v) is 20.2. The monoisotopic (exact) mass is 705 g/mol. The number of unbranched alkanes of at least 4 members (excludes halogenated alkanes) is 19. The van der Waals surface area contributed by atoms with Crippen LogP contribution >= 0.6 is 7.82 Å². The van der Waals surface area contributed by atoms with Crippen molar-refractivity contribution in [2.75, 3.05) is 19.8 Å². The molecule has 0 saturated heterocycles. The SMILES string of the molecule is CCCCCCCC/C=C\CCCCCCCC(=O)O[C@H](COC(=O)CCCCCCCCCCC)COP(=O)(O)OC[C@H](N)C(=O)O. The maximum absolute atomic E-state index is 12.5. The molecule has 0 aliphatic carbocycles. The van der Waals surface area contributed by atoms with Gasteiger partial charge < -0.3 is 25.2 Å². The summed E-state index contributed by atoms with van der Waals surface area (Å²) < 4.78 is 32.5. The number of rotatable bonds is 35. The largest absolute Gasteiger partial charge is 0.480 e. The highest BCUT2D eigenvalue weighted by Crippen LogP contribution is 2.43. The van der Waals surface area contributed by atoms with Crippen LogP contribution < -0.4 is 5.73 Å². The highest BCUT2D eigenvalue weighted by atomic mass is 31.2. The number of nitrogens with two attached hydrogens (primary N) is 1. The number of esters is 2. The second kappa shape index (κ2) is 32.4. The van der Waals surface area contributed by atoms with Crippen molar-refractivity contribution in [2.24, 2.45) is 5.73 Å². The van der Waals surface area contributed by atoms with Gasteiger partial charge in [-0.15, -0.1) is 0 Å². The van der Waals surface area contributed by atoms with Gasteiger partial charge in [-0.2, -0.15) is 0 Å². The van der Waals surface area contributed by atoms with Crippen LogP contribution in [-0.2, 0) is 37.5 Å². The van der Waals surface area contributed by atoms with E-state index in [0.29, 0.717) is 12.8 Å². The molecule has 1 unspecified atom stereocenters. The third-order valence-corrected chi connectivity index (χ3v) is 8.96. The normalized spacial score (nSPS) is 14.1. The zero-order chi connectivity index (χ0) is 35.7. The van der Waals surface area contributed by atoms with Gasteiger partial charge in [0, 0.05) is 12.8 Å². The Hall–Kier alpha value is -1.78. The van der Waals surface area contributed by atoms with E-state index in [4.69, 9.17) is 24.8 Å². The number of carboxylic acids is 1. The maximum atomic E-state index is 12.5. The smallest absolute Gasteiger partial charge is 0.472 e. The predicted octanol–water partition coefficient (Wildman–Crippen LogP) is 8.95. The van der Waals surface area contributed by atoms with Crippen LogP contribution in [0.15, 0.2) is 12.2 Å². The zero-order valence-corrected chi connectivity index (χ0v) is 31.0. The molecule has 3 atom stereocenters. The molecule has 0 saturated carbocycles. The van der Waals surface area contributed by atoms with E-state index in [1.807, 2.05) is 0 Å². The Balaban J connectivity index is 4.44. The van der Waals surface area contributed by atoms with E-state index in [1.54, 1.807) is 0 Å². The van der Waals surface area contributed by atoms with E-state index in [1.165, 1.54) is 70.6 Å². The molecule has 0 heterocycles. The van der Waals surface area contributed by atoms with Crippen LogP contribution in [0.2, 0.25) is 0 Å². The molecule has 0 aliphatic heterocycles. The summed E-state index contributed by atoms with van der Waals surface area (Å²) in [5.41, 5.74) is 5.31. The molecule has 0 radical (unpaired) electrons. The molecule has 12 heteroatoms. The van der Waals surface area contributed by atoms with Crippen molar-refractivity contribution in [2.45, 2.75) is 180 Å². The molecule has 0 amide bonds. The molecule has 0 rings (SSSR count). The summed E-state index contributed by atoms with van der Waals surface area (Å²) in [6.07, 6.45) is 28.6. The molecule has 0 aromatic rings. The van der Waals surface area contributed by atoms with Crippen molar-refractivity contribution in [3.05, 3.63) is 12.2 Å². The first kappa shape index (κ1) is 46.2. The minimum atomic E-state index is -4.70. The fourth-order valence-electron chi connectivity index (χ4n) is 5.00. The number of carbonyl (C=O) groups is 3. The van der Waals surface area contributed by atoms with Crippen molar-refractivity contribution in [1.29, 1.82) is 0 Å². The van der Waals surface area contributed by atoms with Crippen molar-refractivity contribution >= 4 is 25.7 Å². The summed E-state index contributed by atoms with van der Waals surface area (Å²) in [6, 6.07) is -1.52. The lowest BCUT2D eigenvalue weighted by molar-refractivity contribution is -0.161. The second-order valence-corrected chi connectivity index (χ2v) is 14.2. The molecule has 0 aromatic carbocycles. The highest BCUT2D eigenvalue weighted by molar-refractivity contribution is 7.47. The molecule has 282 valence electrons. The van der Waals surface area contributed by atoms with Gasteiger partial charge in [0.15, 0.2) is 6.10 Å². The first-order chi connectivity index (χ1) is 23.1. The number of carbonyl (C=O) groups excluding carboxylic acids is 2. The van der Waals surface area contributed by atoms with E-state index in [9.17, 15) is 23.8 Å². The number of phosphoric acid groups is 1. The number of aliphatic carboxylic acids is 1. The summed E-state index contributed by atoms with van der Waals surface area (Å²) in [7, 11) is -4.70. The van der Waals surface area contributed by atoms with Gasteiger partial charge >= 0.3 is 25.7 Å². The summed E-state index contributed by atoms with van der Waals surface area (Å²) >= 11 is 0. The lowest BCUT2D eigenvalue weighted by Gasteiger charge is -2.20. The average molecular weight is 706 g/mol. The third-order valence-electron chi connectivity index (χ3n) is 8.01. The number of hydrogen-bond donors (Lipinski definition) is 3. The number of phosphoric ester groups is 1. The minimum absolute atomic E-state index is 0.155. The minimum Gasteiger partial charge on any atom is -0.480 e. The van der Waals surface area contributed by atoms with Gasteiger partial charge in [-0.25, -0.2) is 4.57 Å². The Morgan fingerprint density at radius 2 is 1.04 bits per heavy atom. The molecule has 0 aliphatic rings. The molecular weight excluding hydrogens is 637 g/mol. The summed E-state index contributed by atoms with van der Waals surface area (Å²) in [6.45, 7) is 2.75. The quantitative estimate of drug-likeness (QED) is 0.0249. The zero-order valence-electron chi connectivity index (χ0n) is 30.1. The Morgan fingerprint density at radius 3 is 1.52 bits per heavy atom. The number of ether oxygens (including phenoxy) is 2. The Kier molecular flexibility index (Phi) is 31.2. The van der Waals surface area contributed by atoms with Gasteiger partial charge in [-0.1, -0.05) is 129 Å². The van der Waals surface area contributed by atoms with E-state index in [-0.39, 0.29) is 19.4 Å². The molecule has 0 aromatic heterocycles. The molecule has 0 spiro atoms. The van der Waals surface area contributed by atoms with Crippen LogP contribution in [0.4, 0.5) is 0 Å². The van der Waals surface area contributed by atoms with E-state index >= 15 is 0 Å². The van der Waals surface area contributed by atoms with Crippen molar-refractivity contribution in [1.82, 2.24) is 0 Å². The van der Waals surface area contributed by atoms with Crippen LogP contribution in [-0.4, -0.2) is 59.9 Å². The molecule has 0 bridgehead atoms. The molecule has 11 nitrogen and oxygen atoms in total. The summed E-state index contributed by atoms with van der Waals surface area (Å²) in [4.78, 5) is 45.6. The van der Waals surface area contributed by atoms with Crippen molar-refractivity contribution in [3.8, 4) is 0 Å². The number of hydrogen-bond acceptors (Lipinski definition) is 9. The number of carboxylic acid groups (broad SMARTS) is 1. The fraction of sp³-hybridized carbons (Fsp3) is 0.861. The Morgan fingerprint density at radius 1 is 0.625 bits per heavy atom. The topological polar surface area (TPSA) is 172 Å². The average Bonchev–Trinajstić information content (AvgIpc) is 3.05. The lowest BCUT2D eigenvalue weighted by atomic mass is 10.1.